The molecule has 0 saturated heterocycles. The van der Waals surface area contributed by atoms with Gasteiger partial charge in [-0.05, 0) is 39.8 Å². The summed E-state index contributed by atoms with van der Waals surface area (Å²) in [6.07, 6.45) is 2.40. The Morgan fingerprint density at radius 2 is 2.21 bits per heavy atom. The molecule has 0 saturated carbocycles. The summed E-state index contributed by atoms with van der Waals surface area (Å²) in [5, 5.41) is 18.0. The standard InChI is InChI=1S/C17H26N4O2S/c1-5-18-16(19-9-8-15-21-12(2)13(3)24-15)20-11-17(4,22)14-7-6-10-23-14/h6-7,10,22H,5,8-9,11H2,1-4H3,(H2,18,19,20). The fourth-order valence-electron chi connectivity index (χ4n) is 2.17. The second-order valence-corrected chi connectivity index (χ2v) is 7.16. The first-order valence-corrected chi connectivity index (χ1v) is 8.95. The molecular weight excluding hydrogens is 324 g/mol. The van der Waals surface area contributed by atoms with E-state index in [2.05, 4.69) is 27.5 Å². The van der Waals surface area contributed by atoms with Crippen LogP contribution in [0.15, 0.2) is 27.8 Å². The van der Waals surface area contributed by atoms with Crippen LogP contribution in [0.25, 0.3) is 0 Å². The van der Waals surface area contributed by atoms with Crippen LogP contribution in [-0.4, -0.2) is 35.7 Å². The molecule has 2 aromatic rings. The fraction of sp³-hybridized carbons (Fsp3) is 0.529. The third-order valence-electron chi connectivity index (χ3n) is 3.65. The Morgan fingerprint density at radius 1 is 1.42 bits per heavy atom. The van der Waals surface area contributed by atoms with E-state index in [1.165, 1.54) is 4.88 Å². The Hall–Kier alpha value is -1.86. The third-order valence-corrected chi connectivity index (χ3v) is 4.78. The average molecular weight is 350 g/mol. The van der Waals surface area contributed by atoms with E-state index < -0.39 is 5.60 Å². The lowest BCUT2D eigenvalue weighted by Crippen LogP contribution is -2.39. The normalized spacial score (nSPS) is 14.5. The largest absolute Gasteiger partial charge is 0.466 e. The number of furan rings is 1. The summed E-state index contributed by atoms with van der Waals surface area (Å²) >= 11 is 1.73. The number of guanidine groups is 1. The van der Waals surface area contributed by atoms with Crippen LogP contribution in [-0.2, 0) is 12.0 Å². The molecule has 0 aliphatic heterocycles. The lowest BCUT2D eigenvalue weighted by molar-refractivity contribution is 0.0437. The lowest BCUT2D eigenvalue weighted by Gasteiger charge is -2.19. The number of rotatable bonds is 7. The van der Waals surface area contributed by atoms with Gasteiger partial charge >= 0.3 is 0 Å². The summed E-state index contributed by atoms with van der Waals surface area (Å²) in [6.45, 7) is 9.53. The Balaban J connectivity index is 1.90. The van der Waals surface area contributed by atoms with Crippen LogP contribution in [0.3, 0.4) is 0 Å². The van der Waals surface area contributed by atoms with Gasteiger partial charge in [0, 0.05) is 24.4 Å². The monoisotopic (exact) mass is 350 g/mol. The van der Waals surface area contributed by atoms with Crippen LogP contribution in [0.2, 0.25) is 0 Å². The van der Waals surface area contributed by atoms with Gasteiger partial charge in [0.05, 0.1) is 23.5 Å². The lowest BCUT2D eigenvalue weighted by atomic mass is 10.0. The van der Waals surface area contributed by atoms with Crippen molar-refractivity contribution in [1.82, 2.24) is 15.6 Å². The topological polar surface area (TPSA) is 82.7 Å². The van der Waals surface area contributed by atoms with Gasteiger partial charge in [0.15, 0.2) is 5.96 Å². The van der Waals surface area contributed by atoms with E-state index in [4.69, 9.17) is 4.42 Å². The smallest absolute Gasteiger partial charge is 0.191 e. The molecule has 7 heteroatoms. The Kier molecular flexibility index (Phi) is 6.39. The van der Waals surface area contributed by atoms with Crippen LogP contribution in [0.5, 0.6) is 0 Å². The summed E-state index contributed by atoms with van der Waals surface area (Å²) in [4.78, 5) is 10.3. The number of aliphatic imine (C=N–C) groups is 1. The minimum Gasteiger partial charge on any atom is -0.466 e. The Bertz CT molecular complexity index is 643. The molecule has 0 aliphatic rings. The molecule has 0 spiro atoms. The molecule has 2 rings (SSSR count). The van der Waals surface area contributed by atoms with Gasteiger partial charge in [-0.25, -0.2) is 9.98 Å². The molecule has 0 aromatic carbocycles. The highest BCUT2D eigenvalue weighted by Gasteiger charge is 2.26. The van der Waals surface area contributed by atoms with Crippen LogP contribution in [0.4, 0.5) is 0 Å². The van der Waals surface area contributed by atoms with Gasteiger partial charge in [-0.15, -0.1) is 11.3 Å². The van der Waals surface area contributed by atoms with Crippen molar-refractivity contribution in [3.05, 3.63) is 39.7 Å². The van der Waals surface area contributed by atoms with Crippen molar-refractivity contribution in [3.63, 3.8) is 0 Å². The zero-order valence-corrected chi connectivity index (χ0v) is 15.5. The molecular formula is C17H26N4O2S. The average Bonchev–Trinajstić information content (AvgIpc) is 3.16. The highest BCUT2D eigenvalue weighted by atomic mass is 32.1. The number of aryl methyl sites for hydroxylation is 2. The fourth-order valence-corrected chi connectivity index (χ4v) is 3.11. The van der Waals surface area contributed by atoms with Crippen LogP contribution >= 0.6 is 11.3 Å². The van der Waals surface area contributed by atoms with Crippen molar-refractivity contribution >= 4 is 17.3 Å². The quantitative estimate of drug-likeness (QED) is 0.527. The maximum absolute atomic E-state index is 10.5. The highest BCUT2D eigenvalue weighted by Crippen LogP contribution is 2.21. The van der Waals surface area contributed by atoms with Crippen molar-refractivity contribution in [3.8, 4) is 0 Å². The third kappa shape index (κ3) is 5.07. The molecule has 132 valence electrons. The van der Waals surface area contributed by atoms with Crippen molar-refractivity contribution in [2.75, 3.05) is 19.6 Å². The number of aliphatic hydroxyl groups is 1. The number of aromatic nitrogens is 1. The second-order valence-electron chi connectivity index (χ2n) is 5.87. The number of hydrogen-bond acceptors (Lipinski definition) is 5. The number of nitrogens with one attached hydrogen (secondary N) is 2. The van der Waals surface area contributed by atoms with E-state index in [1.807, 2.05) is 13.8 Å². The molecule has 2 aromatic heterocycles. The van der Waals surface area contributed by atoms with Crippen LogP contribution in [0.1, 0.15) is 35.2 Å². The van der Waals surface area contributed by atoms with E-state index >= 15 is 0 Å². The van der Waals surface area contributed by atoms with Gasteiger partial charge in [0.1, 0.15) is 11.4 Å². The van der Waals surface area contributed by atoms with Gasteiger partial charge < -0.3 is 20.2 Å². The second kappa shape index (κ2) is 8.30. The number of hydrogen-bond donors (Lipinski definition) is 3. The number of nitrogens with zero attached hydrogens (tertiary/aromatic N) is 2. The summed E-state index contributed by atoms with van der Waals surface area (Å²) in [7, 11) is 0. The van der Waals surface area contributed by atoms with Crippen molar-refractivity contribution in [1.29, 1.82) is 0 Å². The van der Waals surface area contributed by atoms with Gasteiger partial charge in [0.2, 0.25) is 0 Å². The zero-order valence-electron chi connectivity index (χ0n) is 14.7. The molecule has 0 bridgehead atoms. The van der Waals surface area contributed by atoms with Crippen molar-refractivity contribution in [2.45, 2.75) is 39.7 Å². The summed E-state index contributed by atoms with van der Waals surface area (Å²) in [5.41, 5.74) is -0.0277. The predicted octanol–water partition coefficient (Wildman–Crippen LogP) is 2.36. The summed E-state index contributed by atoms with van der Waals surface area (Å²) in [5.74, 6) is 1.19. The summed E-state index contributed by atoms with van der Waals surface area (Å²) in [6, 6.07) is 3.51. The Morgan fingerprint density at radius 3 is 2.79 bits per heavy atom. The first kappa shape index (κ1) is 18.5. The molecule has 0 aliphatic carbocycles. The first-order chi connectivity index (χ1) is 11.4. The minimum atomic E-state index is -1.13. The molecule has 1 unspecified atom stereocenters. The molecule has 0 amide bonds. The molecule has 0 radical (unpaired) electrons. The van der Waals surface area contributed by atoms with Crippen LogP contribution in [0, 0.1) is 13.8 Å². The van der Waals surface area contributed by atoms with E-state index in [-0.39, 0.29) is 6.54 Å². The first-order valence-electron chi connectivity index (χ1n) is 8.14. The SMILES string of the molecule is CCNC(=NCC(C)(O)c1ccco1)NCCc1nc(C)c(C)s1. The van der Waals surface area contributed by atoms with Gasteiger partial charge in [0.25, 0.3) is 0 Å². The van der Waals surface area contributed by atoms with E-state index in [9.17, 15) is 5.11 Å². The Labute approximate surface area is 147 Å². The maximum atomic E-state index is 10.5. The van der Waals surface area contributed by atoms with Gasteiger partial charge in [-0.3, -0.25) is 0 Å². The van der Waals surface area contributed by atoms with E-state index in [0.717, 1.165) is 30.2 Å². The number of thiazole rings is 1. The molecule has 6 nitrogen and oxygen atoms in total. The molecule has 2 heterocycles. The molecule has 1 atom stereocenters. The molecule has 24 heavy (non-hydrogen) atoms. The predicted molar refractivity (Wildman–Crippen MR) is 97.6 cm³/mol. The van der Waals surface area contributed by atoms with Crippen LogP contribution < -0.4 is 10.6 Å². The van der Waals surface area contributed by atoms with E-state index in [1.54, 1.807) is 36.7 Å². The van der Waals surface area contributed by atoms with Crippen molar-refractivity contribution in [2.24, 2.45) is 4.99 Å². The van der Waals surface area contributed by atoms with Crippen molar-refractivity contribution < 1.29 is 9.52 Å². The molecule has 0 fully saturated rings. The highest BCUT2D eigenvalue weighted by molar-refractivity contribution is 7.11. The maximum Gasteiger partial charge on any atom is 0.191 e. The van der Waals surface area contributed by atoms with Gasteiger partial charge in [-0.1, -0.05) is 0 Å². The zero-order chi connectivity index (χ0) is 17.6. The minimum absolute atomic E-state index is 0.214. The van der Waals surface area contributed by atoms with E-state index in [0.29, 0.717) is 11.7 Å². The van der Waals surface area contributed by atoms with Gasteiger partial charge in [-0.2, -0.15) is 0 Å². The summed E-state index contributed by atoms with van der Waals surface area (Å²) < 4.78 is 5.28. The molecule has 3 N–H and O–H groups in total.